The van der Waals surface area contributed by atoms with Crippen LogP contribution in [-0.2, 0) is 6.54 Å². The maximum absolute atomic E-state index is 10.5. The molecule has 218 valence electrons. The van der Waals surface area contributed by atoms with Gasteiger partial charge in [0.2, 0.25) is 0 Å². The zero-order valence-corrected chi connectivity index (χ0v) is 25.1. The average Bonchev–Trinajstić information content (AvgIpc) is 2.91. The first-order valence-corrected chi connectivity index (χ1v) is 13.5. The van der Waals surface area contributed by atoms with Crippen molar-refractivity contribution in [1.29, 1.82) is 10.8 Å². The highest BCUT2D eigenvalue weighted by Gasteiger charge is 2.36. The average molecular weight is 549 g/mol. The van der Waals surface area contributed by atoms with Gasteiger partial charge in [0, 0.05) is 53.6 Å². The Morgan fingerprint density at radius 3 is 1.90 bits per heavy atom. The van der Waals surface area contributed by atoms with Crippen molar-refractivity contribution in [2.45, 2.75) is 85.4 Å². The number of allylic oxidation sites excluding steroid dienone is 2. The Kier molecular flexibility index (Phi) is 13.6. The Bertz CT molecular complexity index is 1200. The molecule has 9 heteroatoms. The van der Waals surface area contributed by atoms with Gasteiger partial charge in [0.1, 0.15) is 5.69 Å². The highest BCUT2D eigenvalue weighted by atomic mass is 16.1. The highest BCUT2D eigenvalue weighted by molar-refractivity contribution is 6.08. The van der Waals surface area contributed by atoms with Crippen LogP contribution in [0, 0.1) is 30.6 Å². The third-order valence-corrected chi connectivity index (χ3v) is 6.82. The molecule has 2 heterocycles. The van der Waals surface area contributed by atoms with Crippen LogP contribution in [0.3, 0.4) is 0 Å². The van der Waals surface area contributed by atoms with E-state index < -0.39 is 0 Å². The Balaban J connectivity index is 0.000000347. The molecule has 9 nitrogen and oxygen atoms in total. The fourth-order valence-electron chi connectivity index (χ4n) is 4.18. The van der Waals surface area contributed by atoms with Crippen LogP contribution in [0.25, 0.3) is 11.1 Å². The lowest BCUT2D eigenvalue weighted by molar-refractivity contribution is 0.111. The zero-order valence-electron chi connectivity index (χ0n) is 25.1. The van der Waals surface area contributed by atoms with Gasteiger partial charge < -0.3 is 33.3 Å². The molecule has 1 fully saturated rings. The van der Waals surface area contributed by atoms with Gasteiger partial charge in [-0.3, -0.25) is 9.78 Å². The molecule has 0 radical (unpaired) electrons. The van der Waals surface area contributed by atoms with E-state index in [1.54, 1.807) is 12.1 Å². The summed E-state index contributed by atoms with van der Waals surface area (Å²) in [6.45, 7) is 15.3. The van der Waals surface area contributed by atoms with Crippen molar-refractivity contribution >= 4 is 29.9 Å². The first-order chi connectivity index (χ1) is 18.8. The van der Waals surface area contributed by atoms with Crippen LogP contribution in [0.1, 0.15) is 92.6 Å². The fourth-order valence-corrected chi connectivity index (χ4v) is 4.18. The molecule has 1 aliphatic rings. The van der Waals surface area contributed by atoms with Crippen LogP contribution in [-0.4, -0.2) is 39.8 Å². The molecule has 40 heavy (non-hydrogen) atoms. The van der Waals surface area contributed by atoms with Gasteiger partial charge in [0.25, 0.3) is 0 Å². The predicted octanol–water partition coefficient (Wildman–Crippen LogP) is 4.90. The summed E-state index contributed by atoms with van der Waals surface area (Å²) in [5.41, 5.74) is 22.5. The number of nitrogens with two attached hydrogens (primary N) is 3. The molecule has 1 aliphatic carbocycles. The molecule has 2 aromatic heterocycles. The fraction of sp³-hybridized carbons (Fsp3) is 0.452. The van der Waals surface area contributed by atoms with Crippen molar-refractivity contribution in [2.24, 2.45) is 23.1 Å². The maximum Gasteiger partial charge on any atom is 0.168 e. The number of carbonyl (C=O) groups is 1. The standard InChI is InChI=1S/C16H24N4.C10H11N3O.C5H13N/c1-11-6-16(3,7-11)19-10-14-5-4-12(2)15(20-14)13(8-17)9-18;1-7-2-3-9(6-14)13-10(7)8(4-11)5-12;1-4-5(2,3)6/h4-5,8-9,11,17,19H,6-7,10,18H2,1-3H3;2-6,11H,12H2,1H3;4,6H2,1-3H3/b13-9+,17-8?;8-5+,11-4?;. The number of aryl methyl sites for hydroxylation is 2. The number of nitrogens with zero attached hydrogens (tertiary/aromatic N) is 2. The normalized spacial score (nSPS) is 18.8. The third kappa shape index (κ3) is 10.8. The predicted molar refractivity (Wildman–Crippen MR) is 167 cm³/mol. The summed E-state index contributed by atoms with van der Waals surface area (Å²) in [7, 11) is 0. The van der Waals surface area contributed by atoms with Crippen molar-refractivity contribution in [2.75, 3.05) is 0 Å². The molecule has 2 aromatic rings. The SMILES string of the molecule is CCC(C)(C)N.Cc1ccc(C=O)nc1/C(C=N)=C/N.Cc1ccc(CNC2(C)CC(C)C2)nc1/C(C=N)=C/N. The molecule has 1 saturated carbocycles. The number of carbonyl (C=O) groups excluding carboxylic acids is 1. The quantitative estimate of drug-likeness (QED) is 0.190. The van der Waals surface area contributed by atoms with Gasteiger partial charge in [-0.05, 0) is 83.1 Å². The number of pyridine rings is 2. The summed E-state index contributed by atoms with van der Waals surface area (Å²) in [5, 5.41) is 18.1. The van der Waals surface area contributed by atoms with E-state index >= 15 is 0 Å². The van der Waals surface area contributed by atoms with Gasteiger partial charge in [-0.1, -0.05) is 26.0 Å². The van der Waals surface area contributed by atoms with E-state index in [1.165, 1.54) is 31.5 Å². The minimum Gasteiger partial charge on any atom is -0.404 e. The molecule has 0 spiro atoms. The monoisotopic (exact) mass is 548 g/mol. The number of aldehydes is 1. The van der Waals surface area contributed by atoms with E-state index in [2.05, 4.69) is 36.1 Å². The van der Waals surface area contributed by atoms with Gasteiger partial charge in [-0.2, -0.15) is 0 Å². The number of nitrogens with one attached hydrogen (secondary N) is 3. The van der Waals surface area contributed by atoms with Gasteiger partial charge >= 0.3 is 0 Å². The largest absolute Gasteiger partial charge is 0.404 e. The number of hydrogen-bond acceptors (Lipinski definition) is 9. The van der Waals surface area contributed by atoms with E-state index in [1.807, 2.05) is 39.8 Å². The first-order valence-electron chi connectivity index (χ1n) is 13.5. The molecule has 0 atom stereocenters. The number of rotatable bonds is 9. The van der Waals surface area contributed by atoms with E-state index in [4.69, 9.17) is 28.0 Å². The molecule has 0 saturated heterocycles. The maximum atomic E-state index is 10.5. The van der Waals surface area contributed by atoms with Crippen molar-refractivity contribution in [3.05, 3.63) is 70.6 Å². The summed E-state index contributed by atoms with van der Waals surface area (Å²) in [6.07, 6.45) is 9.27. The minimum absolute atomic E-state index is 0.0417. The van der Waals surface area contributed by atoms with Crippen molar-refractivity contribution in [1.82, 2.24) is 15.3 Å². The molecule has 9 N–H and O–H groups in total. The van der Waals surface area contributed by atoms with E-state index in [0.29, 0.717) is 28.8 Å². The first kappa shape index (κ1) is 34.3. The summed E-state index contributed by atoms with van der Waals surface area (Å²) in [4.78, 5) is 19.2. The minimum atomic E-state index is 0.0417. The Labute approximate surface area is 239 Å². The molecule has 0 unspecified atom stereocenters. The lowest BCUT2D eigenvalue weighted by Gasteiger charge is -2.44. The summed E-state index contributed by atoms with van der Waals surface area (Å²) >= 11 is 0. The van der Waals surface area contributed by atoms with Crippen LogP contribution < -0.4 is 22.5 Å². The highest BCUT2D eigenvalue weighted by Crippen LogP contribution is 2.37. The van der Waals surface area contributed by atoms with Gasteiger partial charge in [-0.15, -0.1) is 0 Å². The molecule has 0 aliphatic heterocycles. The van der Waals surface area contributed by atoms with Crippen LogP contribution in [0.5, 0.6) is 0 Å². The second kappa shape index (κ2) is 15.8. The number of aromatic nitrogens is 2. The van der Waals surface area contributed by atoms with Gasteiger partial charge in [0.05, 0.1) is 17.1 Å². The lowest BCUT2D eigenvalue weighted by atomic mass is 9.70. The summed E-state index contributed by atoms with van der Waals surface area (Å²) in [6, 6.07) is 7.48. The topological polar surface area (TPSA) is 181 Å². The van der Waals surface area contributed by atoms with Crippen molar-refractivity contribution < 1.29 is 4.79 Å². The van der Waals surface area contributed by atoms with Crippen molar-refractivity contribution in [3.63, 3.8) is 0 Å². The van der Waals surface area contributed by atoms with Crippen LogP contribution in [0.4, 0.5) is 0 Å². The number of hydrogen-bond donors (Lipinski definition) is 6. The van der Waals surface area contributed by atoms with Crippen molar-refractivity contribution in [3.8, 4) is 0 Å². The van der Waals surface area contributed by atoms with E-state index in [-0.39, 0.29) is 11.1 Å². The Hall–Kier alpha value is -3.69. The summed E-state index contributed by atoms with van der Waals surface area (Å²) in [5.74, 6) is 0.818. The smallest absolute Gasteiger partial charge is 0.168 e. The molecule has 0 aromatic carbocycles. The second-order valence-corrected chi connectivity index (χ2v) is 11.3. The molecular formula is C31H48N8O. The molecule has 0 bridgehead atoms. The molecule has 0 amide bonds. The lowest BCUT2D eigenvalue weighted by Crippen LogP contribution is -2.51. The van der Waals surface area contributed by atoms with Crippen LogP contribution in [0.2, 0.25) is 0 Å². The Morgan fingerprint density at radius 1 is 1.02 bits per heavy atom. The van der Waals surface area contributed by atoms with E-state index in [9.17, 15) is 4.79 Å². The van der Waals surface area contributed by atoms with Crippen LogP contribution in [0.15, 0.2) is 36.7 Å². The summed E-state index contributed by atoms with van der Waals surface area (Å²) < 4.78 is 0. The molecular weight excluding hydrogens is 500 g/mol. The van der Waals surface area contributed by atoms with Gasteiger partial charge in [0.15, 0.2) is 6.29 Å². The second-order valence-electron chi connectivity index (χ2n) is 11.3. The van der Waals surface area contributed by atoms with Gasteiger partial charge in [-0.25, -0.2) is 4.98 Å². The third-order valence-electron chi connectivity index (χ3n) is 6.82. The van der Waals surface area contributed by atoms with Crippen LogP contribution >= 0.6 is 0 Å². The molecule has 3 rings (SSSR count). The zero-order chi connectivity index (χ0) is 30.5. The van der Waals surface area contributed by atoms with E-state index in [0.717, 1.165) is 47.6 Å². The Morgan fingerprint density at radius 2 is 1.50 bits per heavy atom.